The molecule has 0 aliphatic heterocycles. The second-order valence-corrected chi connectivity index (χ2v) is 5.96. The molecule has 0 aliphatic carbocycles. The topological polar surface area (TPSA) is 69.4 Å². The molecule has 0 heterocycles. The monoisotopic (exact) mass is 372 g/mol. The van der Waals surface area contributed by atoms with Crippen LogP contribution in [0, 0.1) is 18.3 Å². The van der Waals surface area contributed by atoms with Crippen LogP contribution in [0.3, 0.4) is 0 Å². The van der Waals surface area contributed by atoms with Gasteiger partial charge in [0.05, 0.1) is 5.71 Å². The van der Waals surface area contributed by atoms with Crippen molar-refractivity contribution in [3.05, 3.63) is 58.6 Å². The SMILES string of the molecule is C/C(=N/NC(=S)Nc1cccc(Cl)c1C)c1ccc(OCC#N)cc1. The molecule has 7 heteroatoms. The van der Waals surface area contributed by atoms with Gasteiger partial charge in [-0.05, 0) is 73.6 Å². The Kier molecular flexibility index (Phi) is 6.75. The van der Waals surface area contributed by atoms with Crippen LogP contribution in [0.1, 0.15) is 18.1 Å². The first kappa shape index (κ1) is 18.7. The lowest BCUT2D eigenvalue weighted by atomic mass is 10.1. The molecule has 0 unspecified atom stereocenters. The van der Waals surface area contributed by atoms with Crippen molar-refractivity contribution < 1.29 is 4.74 Å². The van der Waals surface area contributed by atoms with Gasteiger partial charge in [-0.1, -0.05) is 17.7 Å². The zero-order chi connectivity index (χ0) is 18.2. The highest BCUT2D eigenvalue weighted by Gasteiger charge is 2.04. The molecule has 5 nitrogen and oxygen atoms in total. The summed E-state index contributed by atoms with van der Waals surface area (Å²) >= 11 is 11.3. The fraction of sp³-hybridized carbons (Fsp3) is 0.167. The summed E-state index contributed by atoms with van der Waals surface area (Å²) in [5.41, 5.74) is 6.24. The fourth-order valence-corrected chi connectivity index (χ4v) is 2.33. The molecule has 2 rings (SSSR count). The third kappa shape index (κ3) is 5.45. The van der Waals surface area contributed by atoms with Gasteiger partial charge in [0.15, 0.2) is 11.7 Å². The van der Waals surface area contributed by atoms with E-state index in [1.165, 1.54) is 0 Å². The van der Waals surface area contributed by atoms with Gasteiger partial charge in [0, 0.05) is 10.7 Å². The van der Waals surface area contributed by atoms with Crippen molar-refractivity contribution in [1.29, 1.82) is 5.26 Å². The largest absolute Gasteiger partial charge is 0.479 e. The number of halogens is 1. The van der Waals surface area contributed by atoms with E-state index in [-0.39, 0.29) is 6.61 Å². The van der Waals surface area contributed by atoms with Crippen molar-refractivity contribution in [2.24, 2.45) is 5.10 Å². The summed E-state index contributed by atoms with van der Waals surface area (Å²) in [7, 11) is 0. The predicted molar refractivity (Wildman–Crippen MR) is 105 cm³/mol. The van der Waals surface area contributed by atoms with E-state index >= 15 is 0 Å². The van der Waals surface area contributed by atoms with E-state index in [2.05, 4.69) is 15.8 Å². The molecular formula is C18H17ClN4OS. The number of benzene rings is 2. The van der Waals surface area contributed by atoms with E-state index in [4.69, 9.17) is 33.8 Å². The van der Waals surface area contributed by atoms with Crippen LogP contribution < -0.4 is 15.5 Å². The van der Waals surface area contributed by atoms with Gasteiger partial charge in [0.25, 0.3) is 0 Å². The Labute approximate surface area is 157 Å². The molecule has 0 fully saturated rings. The Morgan fingerprint density at radius 2 is 2.00 bits per heavy atom. The van der Waals surface area contributed by atoms with Gasteiger partial charge in [-0.15, -0.1) is 0 Å². The number of anilines is 1. The summed E-state index contributed by atoms with van der Waals surface area (Å²) in [6.07, 6.45) is 0. The average Bonchev–Trinajstić information content (AvgIpc) is 2.62. The van der Waals surface area contributed by atoms with Gasteiger partial charge in [0.1, 0.15) is 11.8 Å². The van der Waals surface area contributed by atoms with Gasteiger partial charge in [-0.25, -0.2) is 0 Å². The second kappa shape index (κ2) is 9.02. The fourth-order valence-electron chi connectivity index (χ4n) is 2.00. The Hall–Kier alpha value is -2.62. The Balaban J connectivity index is 1.97. The standard InChI is InChI=1S/C18H17ClN4OS/c1-12-16(19)4-3-5-17(12)21-18(25)23-22-13(2)14-6-8-15(9-7-14)24-11-10-20/h3-9H,11H2,1-2H3,(H2,21,23,25)/b22-13-. The van der Waals surface area contributed by atoms with Gasteiger partial charge >= 0.3 is 0 Å². The highest BCUT2D eigenvalue weighted by Crippen LogP contribution is 2.22. The zero-order valence-electron chi connectivity index (χ0n) is 13.8. The molecule has 25 heavy (non-hydrogen) atoms. The lowest BCUT2D eigenvalue weighted by molar-refractivity contribution is 0.368. The Bertz CT molecular complexity index is 828. The maximum Gasteiger partial charge on any atom is 0.191 e. The lowest BCUT2D eigenvalue weighted by Crippen LogP contribution is -2.25. The van der Waals surface area contributed by atoms with Crippen molar-refractivity contribution in [3.63, 3.8) is 0 Å². The molecule has 0 saturated carbocycles. The molecule has 2 aromatic rings. The summed E-state index contributed by atoms with van der Waals surface area (Å²) in [5.74, 6) is 0.639. The maximum absolute atomic E-state index is 8.50. The summed E-state index contributed by atoms with van der Waals surface area (Å²) < 4.78 is 5.22. The van der Waals surface area contributed by atoms with E-state index in [1.807, 2.05) is 50.2 Å². The molecule has 2 N–H and O–H groups in total. The van der Waals surface area contributed by atoms with Crippen molar-refractivity contribution >= 4 is 40.3 Å². The highest BCUT2D eigenvalue weighted by atomic mass is 35.5. The number of rotatable bonds is 5. The molecule has 0 atom stereocenters. The minimum Gasteiger partial charge on any atom is -0.479 e. The molecule has 0 aromatic heterocycles. The van der Waals surface area contributed by atoms with Gasteiger partial charge in [-0.3, -0.25) is 5.43 Å². The first-order valence-electron chi connectivity index (χ1n) is 7.48. The van der Waals surface area contributed by atoms with Gasteiger partial charge < -0.3 is 10.1 Å². The van der Waals surface area contributed by atoms with Crippen molar-refractivity contribution in [2.75, 3.05) is 11.9 Å². The first-order valence-corrected chi connectivity index (χ1v) is 8.26. The van der Waals surface area contributed by atoms with Crippen LogP contribution in [0.5, 0.6) is 5.75 Å². The van der Waals surface area contributed by atoms with Crippen molar-refractivity contribution in [3.8, 4) is 11.8 Å². The van der Waals surface area contributed by atoms with Crippen LogP contribution in [0.25, 0.3) is 0 Å². The zero-order valence-corrected chi connectivity index (χ0v) is 15.4. The number of nitriles is 1. The van der Waals surface area contributed by atoms with Crippen molar-refractivity contribution in [2.45, 2.75) is 13.8 Å². The number of thiocarbonyl (C=S) groups is 1. The van der Waals surface area contributed by atoms with Crippen LogP contribution in [-0.2, 0) is 0 Å². The predicted octanol–water partition coefficient (Wildman–Crippen LogP) is 4.26. The minimum atomic E-state index is 0.0246. The Morgan fingerprint density at radius 1 is 1.28 bits per heavy atom. The number of hydrogen-bond acceptors (Lipinski definition) is 4. The minimum absolute atomic E-state index is 0.0246. The molecular weight excluding hydrogens is 356 g/mol. The third-order valence-electron chi connectivity index (χ3n) is 3.42. The molecule has 0 spiro atoms. The molecule has 128 valence electrons. The normalized spacial score (nSPS) is 10.7. The van der Waals surface area contributed by atoms with Crippen LogP contribution >= 0.6 is 23.8 Å². The maximum atomic E-state index is 8.50. The van der Waals surface area contributed by atoms with Crippen LogP contribution in [0.15, 0.2) is 47.6 Å². The van der Waals surface area contributed by atoms with Gasteiger partial charge in [-0.2, -0.15) is 10.4 Å². The molecule has 0 aliphatic rings. The average molecular weight is 373 g/mol. The summed E-state index contributed by atoms with van der Waals surface area (Å²) in [4.78, 5) is 0. The number of ether oxygens (including phenoxy) is 1. The van der Waals surface area contributed by atoms with E-state index < -0.39 is 0 Å². The van der Waals surface area contributed by atoms with Crippen LogP contribution in [0.2, 0.25) is 5.02 Å². The molecule has 0 saturated heterocycles. The van der Waals surface area contributed by atoms with Crippen LogP contribution in [-0.4, -0.2) is 17.4 Å². The summed E-state index contributed by atoms with van der Waals surface area (Å²) in [6, 6.07) is 14.8. The first-order chi connectivity index (χ1) is 12.0. The van der Waals surface area contributed by atoms with E-state index in [1.54, 1.807) is 12.1 Å². The number of hydrazone groups is 1. The summed E-state index contributed by atoms with van der Waals surface area (Å²) in [5, 5.41) is 16.9. The molecule has 0 bridgehead atoms. The molecule has 2 aromatic carbocycles. The highest BCUT2D eigenvalue weighted by molar-refractivity contribution is 7.80. The molecule has 0 amide bonds. The quantitative estimate of drug-likeness (QED) is 0.466. The summed E-state index contributed by atoms with van der Waals surface area (Å²) in [6.45, 7) is 3.81. The lowest BCUT2D eigenvalue weighted by Gasteiger charge is -2.11. The Morgan fingerprint density at radius 3 is 2.68 bits per heavy atom. The van der Waals surface area contributed by atoms with E-state index in [0.29, 0.717) is 15.9 Å². The second-order valence-electron chi connectivity index (χ2n) is 5.15. The third-order valence-corrected chi connectivity index (χ3v) is 4.02. The van der Waals surface area contributed by atoms with E-state index in [0.717, 1.165) is 22.5 Å². The smallest absolute Gasteiger partial charge is 0.191 e. The van der Waals surface area contributed by atoms with Crippen molar-refractivity contribution in [1.82, 2.24) is 5.43 Å². The van der Waals surface area contributed by atoms with Crippen LogP contribution in [0.4, 0.5) is 5.69 Å². The number of hydrogen-bond donors (Lipinski definition) is 2. The van der Waals surface area contributed by atoms with E-state index in [9.17, 15) is 0 Å². The van der Waals surface area contributed by atoms with Gasteiger partial charge in [0.2, 0.25) is 0 Å². The number of nitrogens with one attached hydrogen (secondary N) is 2. The molecule has 0 radical (unpaired) electrons. The number of nitrogens with zero attached hydrogens (tertiary/aromatic N) is 2.